The van der Waals surface area contributed by atoms with Crippen LogP contribution in [0.15, 0.2) is 85.5 Å². The molecule has 0 fully saturated rings. The van der Waals surface area contributed by atoms with Crippen molar-refractivity contribution in [1.82, 2.24) is 19.9 Å². The first-order valence-corrected chi connectivity index (χ1v) is 8.86. The second-order valence-corrected chi connectivity index (χ2v) is 6.13. The molecule has 4 aromatic heterocycles. The molecule has 0 bridgehead atoms. The maximum atomic E-state index is 11.2. The summed E-state index contributed by atoms with van der Waals surface area (Å²) in [5.74, 6) is 0.0382. The quantitative estimate of drug-likeness (QED) is 0.319. The number of aryl methyl sites for hydroxylation is 1. The Morgan fingerprint density at radius 2 is 1.17 bits per heavy atom. The molecular weight excluding hydrogens is 449 g/mol. The first-order valence-electron chi connectivity index (χ1n) is 8.86. The molecule has 146 valence electrons. The number of ketones is 1. The standard InChI is InChI=1S/C13H12N2O.C10H8N2.Ru/c1-9-3-5-14-12(7-9)13-8-11(10(2)16)4-6-15-13;1-3-7-11-9(5-1)10-6-2-4-8-12-10;/h3-8H,1-2H3;1-8H;. The molecule has 0 aliphatic rings. The maximum Gasteiger partial charge on any atom is 0.159 e. The summed E-state index contributed by atoms with van der Waals surface area (Å²) in [6.45, 7) is 3.54. The molecule has 0 spiro atoms. The van der Waals surface area contributed by atoms with Gasteiger partial charge in [0, 0.05) is 49.8 Å². The van der Waals surface area contributed by atoms with E-state index in [0.717, 1.165) is 28.3 Å². The average molecular weight is 470 g/mol. The summed E-state index contributed by atoms with van der Waals surface area (Å²) >= 11 is 0. The maximum absolute atomic E-state index is 11.2. The van der Waals surface area contributed by atoms with E-state index < -0.39 is 0 Å². The van der Waals surface area contributed by atoms with Crippen LogP contribution in [0.4, 0.5) is 0 Å². The van der Waals surface area contributed by atoms with Crippen molar-refractivity contribution in [3.63, 3.8) is 0 Å². The van der Waals surface area contributed by atoms with Crippen LogP contribution in [0.25, 0.3) is 22.8 Å². The van der Waals surface area contributed by atoms with Crippen LogP contribution in [0, 0.1) is 6.92 Å². The third-order valence-corrected chi connectivity index (χ3v) is 3.94. The van der Waals surface area contributed by atoms with E-state index in [1.54, 1.807) is 43.8 Å². The summed E-state index contributed by atoms with van der Waals surface area (Å²) in [7, 11) is 0. The summed E-state index contributed by atoms with van der Waals surface area (Å²) in [4.78, 5) is 28.1. The fourth-order valence-corrected chi connectivity index (χ4v) is 2.49. The van der Waals surface area contributed by atoms with Gasteiger partial charge in [-0.25, -0.2) is 0 Å². The van der Waals surface area contributed by atoms with Crippen molar-refractivity contribution < 1.29 is 24.3 Å². The van der Waals surface area contributed by atoms with Crippen molar-refractivity contribution in [3.8, 4) is 22.8 Å². The van der Waals surface area contributed by atoms with Crippen molar-refractivity contribution in [2.45, 2.75) is 13.8 Å². The van der Waals surface area contributed by atoms with Gasteiger partial charge in [0.05, 0.1) is 22.8 Å². The number of hydrogen-bond donors (Lipinski definition) is 0. The van der Waals surface area contributed by atoms with Gasteiger partial charge in [-0.1, -0.05) is 12.1 Å². The average Bonchev–Trinajstić information content (AvgIpc) is 2.75. The summed E-state index contributed by atoms with van der Waals surface area (Å²) in [5, 5.41) is 0. The summed E-state index contributed by atoms with van der Waals surface area (Å²) in [5.41, 5.74) is 5.14. The molecule has 0 saturated heterocycles. The Labute approximate surface area is 183 Å². The zero-order valence-corrected chi connectivity index (χ0v) is 17.9. The van der Waals surface area contributed by atoms with Gasteiger partial charge in [-0.2, -0.15) is 0 Å². The molecular formula is C23H20N4ORu. The zero-order chi connectivity index (χ0) is 19.8. The van der Waals surface area contributed by atoms with Gasteiger partial charge in [0.2, 0.25) is 0 Å². The van der Waals surface area contributed by atoms with Gasteiger partial charge in [-0.3, -0.25) is 24.7 Å². The van der Waals surface area contributed by atoms with E-state index in [9.17, 15) is 4.79 Å². The Morgan fingerprint density at radius 3 is 1.66 bits per heavy atom. The van der Waals surface area contributed by atoms with Crippen LogP contribution in [-0.4, -0.2) is 25.7 Å². The van der Waals surface area contributed by atoms with E-state index in [-0.39, 0.29) is 25.3 Å². The van der Waals surface area contributed by atoms with Crippen LogP contribution in [0.2, 0.25) is 0 Å². The minimum atomic E-state index is 0. The number of carbonyl (C=O) groups excluding carboxylic acids is 1. The van der Waals surface area contributed by atoms with Crippen LogP contribution in [0.1, 0.15) is 22.8 Å². The fraction of sp³-hybridized carbons (Fsp3) is 0.0870. The number of Topliss-reactive ketones (excluding diaryl/α,β-unsaturated/α-hetero) is 1. The summed E-state index contributed by atoms with van der Waals surface area (Å²) in [6.07, 6.45) is 6.91. The number of nitrogens with zero attached hydrogens (tertiary/aromatic N) is 4. The monoisotopic (exact) mass is 470 g/mol. The van der Waals surface area contributed by atoms with Crippen molar-refractivity contribution in [2.75, 3.05) is 0 Å². The Morgan fingerprint density at radius 1 is 0.655 bits per heavy atom. The number of carbonyl (C=O) groups is 1. The molecule has 4 heterocycles. The molecule has 4 aromatic rings. The summed E-state index contributed by atoms with van der Waals surface area (Å²) in [6, 6.07) is 19.0. The van der Waals surface area contributed by atoms with E-state index in [2.05, 4.69) is 19.9 Å². The first-order chi connectivity index (χ1) is 13.6. The first kappa shape index (κ1) is 22.2. The van der Waals surface area contributed by atoms with Crippen LogP contribution in [0.3, 0.4) is 0 Å². The molecule has 6 heteroatoms. The normalized spacial score (nSPS) is 9.59. The largest absolute Gasteiger partial charge is 0.295 e. The Hall–Kier alpha value is -3.11. The second kappa shape index (κ2) is 11.0. The third kappa shape index (κ3) is 6.47. The minimum absolute atomic E-state index is 0. The van der Waals surface area contributed by atoms with Crippen molar-refractivity contribution >= 4 is 5.78 Å². The Balaban J connectivity index is 0.000000207. The molecule has 0 aromatic carbocycles. The summed E-state index contributed by atoms with van der Waals surface area (Å²) < 4.78 is 0. The van der Waals surface area contributed by atoms with Gasteiger partial charge in [0.1, 0.15) is 0 Å². The fourth-order valence-electron chi connectivity index (χ4n) is 2.49. The van der Waals surface area contributed by atoms with Crippen LogP contribution in [-0.2, 0) is 19.5 Å². The van der Waals surface area contributed by atoms with Crippen molar-refractivity contribution in [2.24, 2.45) is 0 Å². The van der Waals surface area contributed by atoms with Crippen molar-refractivity contribution in [1.29, 1.82) is 0 Å². The molecule has 0 atom stereocenters. The number of hydrogen-bond acceptors (Lipinski definition) is 5. The van der Waals surface area contributed by atoms with Crippen LogP contribution in [0.5, 0.6) is 0 Å². The number of aromatic nitrogens is 4. The van der Waals surface area contributed by atoms with Crippen LogP contribution >= 0.6 is 0 Å². The zero-order valence-electron chi connectivity index (χ0n) is 16.1. The van der Waals surface area contributed by atoms with E-state index in [4.69, 9.17) is 0 Å². The molecule has 0 unspecified atom stereocenters. The van der Waals surface area contributed by atoms with Gasteiger partial charge in [-0.15, -0.1) is 0 Å². The Bertz CT molecular complexity index is 1020. The van der Waals surface area contributed by atoms with Gasteiger partial charge < -0.3 is 0 Å². The molecule has 0 aliphatic heterocycles. The number of pyridine rings is 4. The molecule has 0 amide bonds. The van der Waals surface area contributed by atoms with Gasteiger partial charge in [0.15, 0.2) is 5.78 Å². The van der Waals surface area contributed by atoms with E-state index in [1.165, 1.54) is 0 Å². The number of rotatable bonds is 3. The van der Waals surface area contributed by atoms with Gasteiger partial charge >= 0.3 is 0 Å². The predicted octanol–water partition coefficient (Wildman–Crippen LogP) is 4.80. The Kier molecular flexibility index (Phi) is 8.44. The molecule has 4 rings (SSSR count). The minimum Gasteiger partial charge on any atom is -0.295 e. The molecule has 0 aliphatic carbocycles. The molecule has 0 radical (unpaired) electrons. The van der Waals surface area contributed by atoms with Crippen molar-refractivity contribution in [3.05, 3.63) is 96.6 Å². The van der Waals surface area contributed by atoms with Gasteiger partial charge in [-0.05, 0) is 67.9 Å². The molecule has 5 nitrogen and oxygen atoms in total. The van der Waals surface area contributed by atoms with Crippen LogP contribution < -0.4 is 0 Å². The molecule has 0 N–H and O–H groups in total. The smallest absolute Gasteiger partial charge is 0.159 e. The second-order valence-electron chi connectivity index (χ2n) is 6.13. The topological polar surface area (TPSA) is 68.6 Å². The van der Waals surface area contributed by atoms with E-state index in [0.29, 0.717) is 5.56 Å². The van der Waals surface area contributed by atoms with E-state index in [1.807, 2.05) is 55.5 Å². The third-order valence-electron chi connectivity index (χ3n) is 3.94. The SMILES string of the molecule is CC(=O)c1ccnc(-c2cc(C)ccn2)c1.[Ru].c1ccc(-c2ccccn2)nc1. The van der Waals surface area contributed by atoms with E-state index >= 15 is 0 Å². The van der Waals surface area contributed by atoms with Gasteiger partial charge in [0.25, 0.3) is 0 Å². The molecule has 29 heavy (non-hydrogen) atoms. The molecule has 0 saturated carbocycles. The predicted molar refractivity (Wildman–Crippen MR) is 110 cm³/mol.